The predicted molar refractivity (Wildman–Crippen MR) is 89.7 cm³/mol. The fourth-order valence-corrected chi connectivity index (χ4v) is 2.24. The van der Waals surface area contributed by atoms with Crippen molar-refractivity contribution in [2.24, 2.45) is 5.92 Å². The minimum atomic E-state index is -0.197. The molecule has 7 heteroatoms. The van der Waals surface area contributed by atoms with Crippen LogP contribution in [-0.2, 0) is 4.74 Å². The molecule has 0 bridgehead atoms. The first-order valence-electron chi connectivity index (χ1n) is 8.13. The molecular formula is C17H22N4O3. The summed E-state index contributed by atoms with van der Waals surface area (Å²) in [5, 5.41) is 6.80. The van der Waals surface area contributed by atoms with E-state index in [0.717, 1.165) is 18.1 Å². The van der Waals surface area contributed by atoms with E-state index < -0.39 is 0 Å². The zero-order valence-electron chi connectivity index (χ0n) is 14.0. The summed E-state index contributed by atoms with van der Waals surface area (Å²) >= 11 is 0. The van der Waals surface area contributed by atoms with E-state index in [-0.39, 0.29) is 6.03 Å². The van der Waals surface area contributed by atoms with Crippen LogP contribution in [0.2, 0.25) is 0 Å². The smallest absolute Gasteiger partial charge is 0.321 e. The van der Waals surface area contributed by atoms with Crippen LogP contribution in [0.1, 0.15) is 18.7 Å². The first kappa shape index (κ1) is 16.4. The number of benzene rings is 1. The number of aryl methyl sites for hydroxylation is 1. The van der Waals surface area contributed by atoms with Crippen molar-refractivity contribution in [1.29, 1.82) is 0 Å². The maximum atomic E-state index is 12.3. The van der Waals surface area contributed by atoms with E-state index in [4.69, 9.17) is 9.26 Å². The van der Waals surface area contributed by atoms with Gasteiger partial charge in [-0.15, -0.1) is 0 Å². The average molecular weight is 330 g/mol. The van der Waals surface area contributed by atoms with Gasteiger partial charge in [0.05, 0.1) is 12.3 Å². The Kier molecular flexibility index (Phi) is 5.10. The minimum Gasteiger partial charge on any atom is -0.379 e. The molecule has 0 unspecified atom stereocenters. The number of amides is 2. The van der Waals surface area contributed by atoms with Crippen molar-refractivity contribution in [2.45, 2.75) is 19.8 Å². The van der Waals surface area contributed by atoms with E-state index in [1.54, 1.807) is 18.9 Å². The molecule has 1 fully saturated rings. The molecule has 0 radical (unpaired) electrons. The predicted octanol–water partition coefficient (Wildman–Crippen LogP) is 2.94. The van der Waals surface area contributed by atoms with Crippen molar-refractivity contribution in [3.8, 4) is 11.4 Å². The molecule has 1 heterocycles. The summed E-state index contributed by atoms with van der Waals surface area (Å²) in [7, 11) is 1.75. The van der Waals surface area contributed by atoms with Crippen molar-refractivity contribution < 1.29 is 14.1 Å². The number of carbonyl (C=O) groups is 1. The number of likely N-dealkylation sites (N-methyl/N-ethyl adjacent to an activating group) is 1. The molecule has 2 aromatic rings. The van der Waals surface area contributed by atoms with Gasteiger partial charge in [-0.3, -0.25) is 0 Å². The van der Waals surface area contributed by atoms with Gasteiger partial charge >= 0.3 is 6.03 Å². The highest BCUT2D eigenvalue weighted by molar-refractivity contribution is 5.93. The lowest BCUT2D eigenvalue weighted by Gasteiger charge is -2.18. The molecule has 1 N–H and O–H groups in total. The summed E-state index contributed by atoms with van der Waals surface area (Å²) in [6.45, 7) is 3.62. The first-order valence-corrected chi connectivity index (χ1v) is 8.13. The van der Waals surface area contributed by atoms with Gasteiger partial charge in [-0.1, -0.05) is 17.3 Å². The zero-order valence-corrected chi connectivity index (χ0v) is 14.0. The topological polar surface area (TPSA) is 80.5 Å². The second-order valence-corrected chi connectivity index (χ2v) is 6.05. The molecule has 2 amide bonds. The number of nitrogens with one attached hydrogen (secondary N) is 1. The van der Waals surface area contributed by atoms with E-state index in [0.29, 0.717) is 30.6 Å². The summed E-state index contributed by atoms with van der Waals surface area (Å²) < 4.78 is 10.6. The van der Waals surface area contributed by atoms with E-state index in [1.807, 2.05) is 24.3 Å². The lowest BCUT2D eigenvalue weighted by molar-refractivity contribution is 0.109. The number of urea groups is 1. The fourth-order valence-electron chi connectivity index (χ4n) is 2.24. The number of rotatable bonds is 7. The zero-order chi connectivity index (χ0) is 16.9. The second kappa shape index (κ2) is 7.44. The van der Waals surface area contributed by atoms with Gasteiger partial charge in [-0.2, -0.15) is 4.98 Å². The van der Waals surface area contributed by atoms with E-state index in [9.17, 15) is 4.79 Å². The van der Waals surface area contributed by atoms with Gasteiger partial charge in [0.15, 0.2) is 0 Å². The Morgan fingerprint density at radius 3 is 2.92 bits per heavy atom. The number of nitrogens with zero attached hydrogens (tertiary/aromatic N) is 3. The molecule has 0 saturated heterocycles. The normalized spacial score (nSPS) is 13.8. The van der Waals surface area contributed by atoms with Crippen molar-refractivity contribution >= 4 is 11.7 Å². The number of anilines is 1. The Bertz CT molecular complexity index is 697. The number of para-hydroxylation sites is 1. The minimum absolute atomic E-state index is 0.197. The summed E-state index contributed by atoms with van der Waals surface area (Å²) in [6.07, 6.45) is 2.53. The number of hydrogen-bond donors (Lipinski definition) is 1. The molecule has 3 rings (SSSR count). The Morgan fingerprint density at radius 2 is 2.21 bits per heavy atom. The van der Waals surface area contributed by atoms with Gasteiger partial charge in [-0.05, 0) is 30.9 Å². The van der Waals surface area contributed by atoms with Gasteiger partial charge in [-0.25, -0.2) is 4.79 Å². The maximum absolute atomic E-state index is 12.3. The molecule has 1 aliphatic carbocycles. The monoisotopic (exact) mass is 330 g/mol. The summed E-state index contributed by atoms with van der Waals surface area (Å²) in [5.74, 6) is 1.67. The van der Waals surface area contributed by atoms with Crippen LogP contribution in [0.15, 0.2) is 28.8 Å². The van der Waals surface area contributed by atoms with Gasteiger partial charge in [0.1, 0.15) is 0 Å². The molecule has 0 aliphatic heterocycles. The van der Waals surface area contributed by atoms with Crippen LogP contribution < -0.4 is 5.32 Å². The average Bonchev–Trinajstić information content (AvgIpc) is 3.31. The largest absolute Gasteiger partial charge is 0.379 e. The second-order valence-electron chi connectivity index (χ2n) is 6.05. The number of ether oxygens (including phenoxy) is 1. The van der Waals surface area contributed by atoms with Crippen LogP contribution in [0.5, 0.6) is 0 Å². The third-order valence-corrected chi connectivity index (χ3v) is 3.91. The fraction of sp³-hybridized carbons (Fsp3) is 0.471. The highest BCUT2D eigenvalue weighted by Gasteiger charge is 2.21. The van der Waals surface area contributed by atoms with Crippen LogP contribution in [-0.4, -0.2) is 47.9 Å². The van der Waals surface area contributed by atoms with E-state index in [1.165, 1.54) is 12.8 Å². The number of hydrogen-bond acceptors (Lipinski definition) is 5. The Morgan fingerprint density at radius 1 is 1.42 bits per heavy atom. The SMILES string of the molecule is Cc1nc(-c2ccccc2NC(=O)N(C)CCOCC2CC2)no1. The number of aromatic nitrogens is 2. The van der Waals surface area contributed by atoms with Crippen molar-refractivity contribution in [1.82, 2.24) is 15.0 Å². The molecule has 128 valence electrons. The quantitative estimate of drug-likeness (QED) is 0.790. The summed E-state index contributed by atoms with van der Waals surface area (Å²) in [6, 6.07) is 7.18. The Balaban J connectivity index is 1.57. The maximum Gasteiger partial charge on any atom is 0.321 e. The summed E-state index contributed by atoms with van der Waals surface area (Å²) in [4.78, 5) is 18.2. The third-order valence-electron chi connectivity index (χ3n) is 3.91. The standard InChI is InChI=1S/C17H22N4O3/c1-12-18-16(20-24-12)14-5-3-4-6-15(14)19-17(22)21(2)9-10-23-11-13-7-8-13/h3-6,13H,7-11H2,1-2H3,(H,19,22). The molecule has 1 aliphatic rings. The molecule has 24 heavy (non-hydrogen) atoms. The molecule has 1 saturated carbocycles. The Labute approximate surface area is 141 Å². The van der Waals surface area contributed by atoms with Crippen LogP contribution in [0, 0.1) is 12.8 Å². The molecule has 0 spiro atoms. The van der Waals surface area contributed by atoms with Gasteiger partial charge in [0.2, 0.25) is 11.7 Å². The molecule has 0 atom stereocenters. The Hall–Kier alpha value is -2.41. The molecular weight excluding hydrogens is 308 g/mol. The van der Waals surface area contributed by atoms with Crippen LogP contribution in [0.25, 0.3) is 11.4 Å². The van der Waals surface area contributed by atoms with Gasteiger partial charge < -0.3 is 19.5 Å². The van der Waals surface area contributed by atoms with E-state index >= 15 is 0 Å². The third kappa shape index (κ3) is 4.32. The molecule has 7 nitrogen and oxygen atoms in total. The lowest BCUT2D eigenvalue weighted by Crippen LogP contribution is -2.34. The van der Waals surface area contributed by atoms with Crippen LogP contribution in [0.4, 0.5) is 10.5 Å². The molecule has 1 aromatic heterocycles. The van der Waals surface area contributed by atoms with Crippen molar-refractivity contribution in [2.75, 3.05) is 32.1 Å². The van der Waals surface area contributed by atoms with E-state index in [2.05, 4.69) is 15.5 Å². The molecule has 1 aromatic carbocycles. The van der Waals surface area contributed by atoms with Gasteiger partial charge in [0, 0.05) is 32.7 Å². The van der Waals surface area contributed by atoms with Crippen molar-refractivity contribution in [3.63, 3.8) is 0 Å². The van der Waals surface area contributed by atoms with Crippen LogP contribution >= 0.6 is 0 Å². The number of carbonyl (C=O) groups excluding carboxylic acids is 1. The summed E-state index contributed by atoms with van der Waals surface area (Å²) in [5.41, 5.74) is 1.37. The van der Waals surface area contributed by atoms with Crippen molar-refractivity contribution in [3.05, 3.63) is 30.2 Å². The lowest BCUT2D eigenvalue weighted by atomic mass is 10.1. The first-order chi connectivity index (χ1) is 11.6. The van der Waals surface area contributed by atoms with Gasteiger partial charge in [0.25, 0.3) is 0 Å². The van der Waals surface area contributed by atoms with Crippen LogP contribution in [0.3, 0.4) is 0 Å². The highest BCUT2D eigenvalue weighted by Crippen LogP contribution is 2.28. The highest BCUT2D eigenvalue weighted by atomic mass is 16.5.